The molecule has 0 amide bonds. The Morgan fingerprint density at radius 3 is 2.88 bits per heavy atom. The van der Waals surface area contributed by atoms with Crippen molar-refractivity contribution in [2.75, 3.05) is 7.11 Å². The molecule has 2 heterocycles. The Hall–Kier alpha value is -1.69. The van der Waals surface area contributed by atoms with E-state index in [1.165, 1.54) is 0 Å². The highest BCUT2D eigenvalue weighted by molar-refractivity contribution is 7.71. The average molecular weight is 250 g/mol. The topological polar surface area (TPSA) is 55.7 Å². The van der Waals surface area contributed by atoms with Crippen LogP contribution in [0.1, 0.15) is 19.9 Å². The SMILES string of the molecule is COc1cnccc1-c1n[nH]c(=S)n1C(C)C. The summed E-state index contributed by atoms with van der Waals surface area (Å²) >= 11 is 5.22. The second kappa shape index (κ2) is 4.67. The number of nitrogens with one attached hydrogen (secondary N) is 1. The Bertz CT molecular complexity index is 573. The molecule has 0 spiro atoms. The van der Waals surface area contributed by atoms with Crippen molar-refractivity contribution in [3.63, 3.8) is 0 Å². The van der Waals surface area contributed by atoms with Gasteiger partial charge in [-0.25, -0.2) is 0 Å². The lowest BCUT2D eigenvalue weighted by molar-refractivity contribution is 0.413. The second-order valence-corrected chi connectivity index (χ2v) is 4.28. The average Bonchev–Trinajstić information content (AvgIpc) is 2.71. The third kappa shape index (κ3) is 2.08. The van der Waals surface area contributed by atoms with Crippen molar-refractivity contribution < 1.29 is 4.74 Å². The Morgan fingerprint density at radius 1 is 1.47 bits per heavy atom. The van der Waals surface area contributed by atoms with Crippen molar-refractivity contribution in [1.82, 2.24) is 19.7 Å². The molecule has 0 fully saturated rings. The van der Waals surface area contributed by atoms with Crippen LogP contribution in [0.3, 0.4) is 0 Å². The molecule has 2 rings (SSSR count). The van der Waals surface area contributed by atoms with Gasteiger partial charge in [-0.05, 0) is 32.1 Å². The van der Waals surface area contributed by atoms with Crippen LogP contribution in [0.2, 0.25) is 0 Å². The van der Waals surface area contributed by atoms with Crippen molar-refractivity contribution in [1.29, 1.82) is 0 Å². The van der Waals surface area contributed by atoms with Crippen LogP contribution in [0.15, 0.2) is 18.5 Å². The predicted molar refractivity (Wildman–Crippen MR) is 67.6 cm³/mol. The number of nitrogens with zero attached hydrogens (tertiary/aromatic N) is 3. The van der Waals surface area contributed by atoms with Crippen molar-refractivity contribution in [2.24, 2.45) is 0 Å². The Balaban J connectivity index is 2.65. The molecule has 0 atom stereocenters. The lowest BCUT2D eigenvalue weighted by Crippen LogP contribution is -2.04. The zero-order valence-electron chi connectivity index (χ0n) is 9.97. The van der Waals surface area contributed by atoms with Crippen molar-refractivity contribution in [3.05, 3.63) is 23.2 Å². The monoisotopic (exact) mass is 250 g/mol. The number of hydrogen-bond acceptors (Lipinski definition) is 4. The molecule has 6 heteroatoms. The van der Waals surface area contributed by atoms with Gasteiger partial charge >= 0.3 is 0 Å². The number of aromatic nitrogens is 4. The maximum absolute atomic E-state index is 5.28. The molecule has 0 aliphatic heterocycles. The molecule has 2 aromatic rings. The highest BCUT2D eigenvalue weighted by atomic mass is 32.1. The Morgan fingerprint density at radius 2 is 2.24 bits per heavy atom. The molecule has 5 nitrogen and oxygen atoms in total. The Labute approximate surface area is 104 Å². The normalized spacial score (nSPS) is 10.8. The molecule has 0 unspecified atom stereocenters. The van der Waals surface area contributed by atoms with E-state index in [4.69, 9.17) is 17.0 Å². The minimum absolute atomic E-state index is 0.231. The summed E-state index contributed by atoms with van der Waals surface area (Å²) in [6, 6.07) is 2.09. The predicted octanol–water partition coefficient (Wildman–Crippen LogP) is 2.59. The van der Waals surface area contributed by atoms with Crippen molar-refractivity contribution in [3.8, 4) is 17.1 Å². The van der Waals surface area contributed by atoms with Gasteiger partial charge in [0.15, 0.2) is 10.6 Å². The summed E-state index contributed by atoms with van der Waals surface area (Å²) in [5, 5.41) is 7.06. The lowest BCUT2D eigenvalue weighted by Gasteiger charge is -2.12. The number of hydrogen-bond donors (Lipinski definition) is 1. The maximum Gasteiger partial charge on any atom is 0.195 e. The van der Waals surface area contributed by atoms with Gasteiger partial charge in [0.1, 0.15) is 5.75 Å². The van der Waals surface area contributed by atoms with Crippen LogP contribution in [-0.2, 0) is 0 Å². The van der Waals surface area contributed by atoms with E-state index >= 15 is 0 Å². The number of aromatic amines is 1. The summed E-state index contributed by atoms with van der Waals surface area (Å²) in [5.74, 6) is 1.45. The summed E-state index contributed by atoms with van der Waals surface area (Å²) in [6.45, 7) is 4.12. The van der Waals surface area contributed by atoms with Crippen LogP contribution in [0.5, 0.6) is 5.75 Å². The molecular weight excluding hydrogens is 236 g/mol. The highest BCUT2D eigenvalue weighted by Crippen LogP contribution is 2.28. The van der Waals surface area contributed by atoms with E-state index in [1.54, 1.807) is 19.5 Å². The van der Waals surface area contributed by atoms with E-state index in [-0.39, 0.29) is 6.04 Å². The van der Waals surface area contributed by atoms with Crippen LogP contribution in [0.4, 0.5) is 0 Å². The summed E-state index contributed by atoms with van der Waals surface area (Å²) in [4.78, 5) is 4.02. The molecule has 0 aromatic carbocycles. The van der Waals surface area contributed by atoms with Crippen molar-refractivity contribution in [2.45, 2.75) is 19.9 Å². The van der Waals surface area contributed by atoms with E-state index in [2.05, 4.69) is 29.0 Å². The fraction of sp³-hybridized carbons (Fsp3) is 0.364. The van der Waals surface area contributed by atoms with E-state index in [9.17, 15) is 0 Å². The molecular formula is C11H14N4OS. The first-order chi connectivity index (χ1) is 8.15. The number of pyridine rings is 1. The number of H-pyrrole nitrogens is 1. The van der Waals surface area contributed by atoms with Crippen LogP contribution in [0.25, 0.3) is 11.4 Å². The van der Waals surface area contributed by atoms with Gasteiger partial charge < -0.3 is 4.74 Å². The first kappa shape index (κ1) is 11.8. The molecule has 0 radical (unpaired) electrons. The molecule has 0 saturated carbocycles. The fourth-order valence-corrected chi connectivity index (χ4v) is 2.04. The Kier molecular flexibility index (Phi) is 3.23. The van der Waals surface area contributed by atoms with Gasteiger partial charge in [-0.2, -0.15) is 5.10 Å². The third-order valence-electron chi connectivity index (χ3n) is 2.47. The highest BCUT2D eigenvalue weighted by Gasteiger charge is 2.15. The minimum Gasteiger partial charge on any atom is -0.494 e. The quantitative estimate of drug-likeness (QED) is 0.851. The maximum atomic E-state index is 5.28. The van der Waals surface area contributed by atoms with Crippen LogP contribution >= 0.6 is 12.2 Å². The van der Waals surface area contributed by atoms with Gasteiger partial charge in [0.25, 0.3) is 0 Å². The molecule has 17 heavy (non-hydrogen) atoms. The third-order valence-corrected chi connectivity index (χ3v) is 2.75. The van der Waals surface area contributed by atoms with Gasteiger partial charge in [0.2, 0.25) is 0 Å². The van der Waals surface area contributed by atoms with E-state index in [0.29, 0.717) is 10.5 Å². The standard InChI is InChI=1S/C11H14N4OS/c1-7(2)15-10(13-14-11(15)17)8-4-5-12-6-9(8)16-3/h4-7H,1-3H3,(H,14,17). The molecule has 0 aliphatic rings. The first-order valence-corrected chi connectivity index (χ1v) is 5.71. The van der Waals surface area contributed by atoms with E-state index < -0.39 is 0 Å². The van der Waals surface area contributed by atoms with Crippen molar-refractivity contribution >= 4 is 12.2 Å². The summed E-state index contributed by atoms with van der Waals surface area (Å²) in [5.41, 5.74) is 0.878. The molecule has 0 aliphatic carbocycles. The fourth-order valence-electron chi connectivity index (χ4n) is 1.70. The van der Waals surface area contributed by atoms with Crippen LogP contribution < -0.4 is 4.74 Å². The van der Waals surface area contributed by atoms with Gasteiger partial charge in [-0.3, -0.25) is 14.6 Å². The molecule has 0 saturated heterocycles. The minimum atomic E-state index is 0.231. The largest absolute Gasteiger partial charge is 0.494 e. The van der Waals surface area contributed by atoms with Crippen LogP contribution in [0, 0.1) is 4.77 Å². The molecule has 2 aromatic heterocycles. The summed E-state index contributed by atoms with van der Waals surface area (Å²) in [6.07, 6.45) is 3.37. The lowest BCUT2D eigenvalue weighted by atomic mass is 10.2. The zero-order chi connectivity index (χ0) is 12.4. The van der Waals surface area contributed by atoms with Gasteiger partial charge in [0.05, 0.1) is 18.9 Å². The number of rotatable bonds is 3. The second-order valence-electron chi connectivity index (χ2n) is 3.89. The van der Waals surface area contributed by atoms with Gasteiger partial charge in [0, 0.05) is 12.2 Å². The molecule has 0 bridgehead atoms. The summed E-state index contributed by atoms with van der Waals surface area (Å²) < 4.78 is 7.84. The van der Waals surface area contributed by atoms with E-state index in [0.717, 1.165) is 11.4 Å². The van der Waals surface area contributed by atoms with Gasteiger partial charge in [-0.1, -0.05) is 0 Å². The number of ether oxygens (including phenoxy) is 1. The molecule has 90 valence electrons. The van der Waals surface area contributed by atoms with Crippen LogP contribution in [-0.4, -0.2) is 26.9 Å². The van der Waals surface area contributed by atoms with E-state index in [1.807, 2.05) is 10.6 Å². The first-order valence-electron chi connectivity index (χ1n) is 5.30. The molecule has 1 N–H and O–H groups in total. The smallest absolute Gasteiger partial charge is 0.195 e. The number of methoxy groups -OCH3 is 1. The zero-order valence-corrected chi connectivity index (χ0v) is 10.8. The van der Waals surface area contributed by atoms with Gasteiger partial charge in [-0.15, -0.1) is 0 Å². The summed E-state index contributed by atoms with van der Waals surface area (Å²) in [7, 11) is 1.61.